The molecule has 0 saturated heterocycles. The molecule has 0 radical (unpaired) electrons. The minimum absolute atomic E-state index is 0.286. The van der Waals surface area contributed by atoms with Crippen molar-refractivity contribution in [1.29, 1.82) is 0 Å². The molecule has 0 bridgehead atoms. The second-order valence-electron chi connectivity index (χ2n) is 3.27. The van der Waals surface area contributed by atoms with E-state index in [1.807, 2.05) is 23.7 Å². The van der Waals surface area contributed by atoms with Gasteiger partial charge in [-0.15, -0.1) is 17.8 Å². The molecule has 0 aliphatic heterocycles. The van der Waals surface area contributed by atoms with Crippen molar-refractivity contribution in [3.05, 3.63) is 39.7 Å². The van der Waals surface area contributed by atoms with Crippen LogP contribution in [0.15, 0.2) is 28.8 Å². The Balaban J connectivity index is 2.41. The Morgan fingerprint density at radius 2 is 2.53 bits per heavy atom. The molecule has 0 N–H and O–H groups in total. The molecule has 84 valence electrons. The van der Waals surface area contributed by atoms with Crippen LogP contribution in [0.2, 0.25) is 0 Å². The Morgan fingerprint density at radius 1 is 1.65 bits per heavy atom. The molecule has 6 heteroatoms. The fraction of sp³-hybridized carbons (Fsp3) is 0.182. The second kappa shape index (κ2) is 5.21. The van der Waals surface area contributed by atoms with Crippen LogP contribution in [0.4, 0.5) is 0 Å². The number of azide groups is 1. The number of aromatic nitrogens is 2. The van der Waals surface area contributed by atoms with Gasteiger partial charge in [0.1, 0.15) is 12.2 Å². The van der Waals surface area contributed by atoms with E-state index in [0.29, 0.717) is 6.54 Å². The highest BCUT2D eigenvalue weighted by atomic mass is 32.1. The number of hydrogen-bond acceptors (Lipinski definition) is 3. The summed E-state index contributed by atoms with van der Waals surface area (Å²) in [5.74, 6) is 2.53. The van der Waals surface area contributed by atoms with E-state index in [0.717, 1.165) is 16.1 Å². The number of rotatable bonds is 4. The lowest BCUT2D eigenvalue weighted by molar-refractivity contribution is 0.717. The maximum absolute atomic E-state index is 8.36. The summed E-state index contributed by atoms with van der Waals surface area (Å²) in [6, 6.07) is 3.93. The molecular formula is C11H9N5S. The smallest absolute Gasteiger partial charge is 0.106 e. The fourth-order valence-electron chi connectivity index (χ4n) is 1.48. The van der Waals surface area contributed by atoms with Crippen LogP contribution in [0.5, 0.6) is 0 Å². The molecule has 0 spiro atoms. The van der Waals surface area contributed by atoms with Crippen molar-refractivity contribution in [3.63, 3.8) is 0 Å². The zero-order valence-electron chi connectivity index (χ0n) is 8.95. The van der Waals surface area contributed by atoms with Crippen LogP contribution in [0, 0.1) is 12.3 Å². The highest BCUT2D eigenvalue weighted by Crippen LogP contribution is 2.27. The minimum Gasteiger partial charge on any atom is -0.260 e. The van der Waals surface area contributed by atoms with Gasteiger partial charge in [0.15, 0.2) is 0 Å². The van der Waals surface area contributed by atoms with Crippen LogP contribution in [-0.4, -0.2) is 9.78 Å². The average molecular weight is 243 g/mol. The van der Waals surface area contributed by atoms with Crippen molar-refractivity contribution in [2.45, 2.75) is 13.1 Å². The largest absolute Gasteiger partial charge is 0.260 e. The molecule has 0 unspecified atom stereocenters. The normalized spacial score (nSPS) is 9.59. The van der Waals surface area contributed by atoms with E-state index >= 15 is 0 Å². The first-order chi connectivity index (χ1) is 8.35. The SMILES string of the molecule is C#CCn1cc(CN=[N+]=[N-])c(-c2cccs2)n1. The third-order valence-corrected chi connectivity index (χ3v) is 3.03. The molecule has 0 fully saturated rings. The highest BCUT2D eigenvalue weighted by Gasteiger charge is 2.10. The Labute approximate surface area is 102 Å². The van der Waals surface area contributed by atoms with Crippen LogP contribution in [-0.2, 0) is 13.1 Å². The van der Waals surface area contributed by atoms with Gasteiger partial charge in [-0.3, -0.25) is 4.68 Å². The maximum Gasteiger partial charge on any atom is 0.106 e. The predicted molar refractivity (Wildman–Crippen MR) is 67.2 cm³/mol. The van der Waals surface area contributed by atoms with Crippen molar-refractivity contribution in [3.8, 4) is 22.9 Å². The predicted octanol–water partition coefficient (Wildman–Crippen LogP) is 3.06. The average Bonchev–Trinajstić information content (AvgIpc) is 2.95. The van der Waals surface area contributed by atoms with Gasteiger partial charge in [0.2, 0.25) is 0 Å². The third-order valence-electron chi connectivity index (χ3n) is 2.15. The molecule has 0 aliphatic carbocycles. The Bertz CT molecular complexity index is 584. The van der Waals surface area contributed by atoms with E-state index in [9.17, 15) is 0 Å². The summed E-state index contributed by atoms with van der Waals surface area (Å²) >= 11 is 1.59. The lowest BCUT2D eigenvalue weighted by Crippen LogP contribution is -1.95. The summed E-state index contributed by atoms with van der Waals surface area (Å²) in [4.78, 5) is 3.80. The maximum atomic E-state index is 8.36. The molecule has 2 heterocycles. The molecular weight excluding hydrogens is 234 g/mol. The third kappa shape index (κ3) is 2.48. The van der Waals surface area contributed by atoms with Crippen molar-refractivity contribution in [2.75, 3.05) is 0 Å². The minimum atomic E-state index is 0.286. The van der Waals surface area contributed by atoms with Crippen LogP contribution in [0.1, 0.15) is 5.56 Å². The molecule has 0 atom stereocenters. The Kier molecular flexibility index (Phi) is 3.46. The molecule has 5 nitrogen and oxygen atoms in total. The Hall–Kier alpha value is -2.22. The number of terminal acetylenes is 1. The monoisotopic (exact) mass is 243 g/mol. The van der Waals surface area contributed by atoms with E-state index in [1.54, 1.807) is 16.0 Å². The van der Waals surface area contributed by atoms with Crippen molar-refractivity contribution < 1.29 is 0 Å². The van der Waals surface area contributed by atoms with E-state index < -0.39 is 0 Å². The molecule has 2 rings (SSSR count). The number of nitrogens with zero attached hydrogens (tertiary/aromatic N) is 5. The summed E-state index contributed by atoms with van der Waals surface area (Å²) < 4.78 is 1.68. The summed E-state index contributed by atoms with van der Waals surface area (Å²) in [5.41, 5.74) is 10.1. The first-order valence-corrected chi connectivity index (χ1v) is 5.77. The Morgan fingerprint density at radius 3 is 3.18 bits per heavy atom. The summed E-state index contributed by atoms with van der Waals surface area (Å²) in [6.07, 6.45) is 7.07. The van der Waals surface area contributed by atoms with Gasteiger partial charge in [0, 0.05) is 16.7 Å². The first-order valence-electron chi connectivity index (χ1n) is 4.89. The van der Waals surface area contributed by atoms with Crippen molar-refractivity contribution in [2.24, 2.45) is 5.11 Å². The quantitative estimate of drug-likeness (QED) is 0.352. The zero-order chi connectivity index (χ0) is 12.1. The van der Waals surface area contributed by atoms with E-state index in [-0.39, 0.29) is 6.54 Å². The lowest BCUT2D eigenvalue weighted by atomic mass is 10.2. The van der Waals surface area contributed by atoms with Crippen molar-refractivity contribution in [1.82, 2.24) is 9.78 Å². The van der Waals surface area contributed by atoms with Crippen LogP contribution in [0.3, 0.4) is 0 Å². The summed E-state index contributed by atoms with van der Waals surface area (Å²) in [5, 5.41) is 9.94. The lowest BCUT2D eigenvalue weighted by Gasteiger charge is -1.94. The molecule has 17 heavy (non-hydrogen) atoms. The van der Waals surface area contributed by atoms with E-state index in [4.69, 9.17) is 12.0 Å². The zero-order valence-corrected chi connectivity index (χ0v) is 9.76. The van der Waals surface area contributed by atoms with Crippen LogP contribution >= 0.6 is 11.3 Å². The van der Waals surface area contributed by atoms with E-state index in [1.165, 1.54) is 0 Å². The second-order valence-corrected chi connectivity index (χ2v) is 4.22. The van der Waals surface area contributed by atoms with Gasteiger partial charge in [-0.05, 0) is 17.0 Å². The van der Waals surface area contributed by atoms with E-state index in [2.05, 4.69) is 21.0 Å². The molecule has 2 aromatic heterocycles. The molecule has 2 aromatic rings. The molecule has 0 aromatic carbocycles. The van der Waals surface area contributed by atoms with Gasteiger partial charge in [0.25, 0.3) is 0 Å². The van der Waals surface area contributed by atoms with Gasteiger partial charge >= 0.3 is 0 Å². The number of thiophene rings is 1. The van der Waals surface area contributed by atoms with Crippen molar-refractivity contribution >= 4 is 11.3 Å². The number of hydrogen-bond donors (Lipinski definition) is 0. The fourth-order valence-corrected chi connectivity index (χ4v) is 2.23. The molecule has 0 saturated carbocycles. The van der Waals surface area contributed by atoms with Gasteiger partial charge in [-0.2, -0.15) is 5.10 Å². The first kappa shape index (κ1) is 11.3. The van der Waals surface area contributed by atoms with Gasteiger partial charge in [-0.1, -0.05) is 17.1 Å². The summed E-state index contributed by atoms with van der Waals surface area (Å²) in [6.45, 7) is 0.697. The highest BCUT2D eigenvalue weighted by molar-refractivity contribution is 7.13. The van der Waals surface area contributed by atoms with Gasteiger partial charge in [0.05, 0.1) is 11.4 Å². The van der Waals surface area contributed by atoms with Crippen LogP contribution < -0.4 is 0 Å². The summed E-state index contributed by atoms with van der Waals surface area (Å²) in [7, 11) is 0. The van der Waals surface area contributed by atoms with Crippen LogP contribution in [0.25, 0.3) is 21.0 Å². The van der Waals surface area contributed by atoms with Gasteiger partial charge in [-0.25, -0.2) is 0 Å². The molecule has 0 aliphatic rings. The topological polar surface area (TPSA) is 66.6 Å². The molecule has 0 amide bonds. The van der Waals surface area contributed by atoms with Gasteiger partial charge < -0.3 is 0 Å². The standard InChI is InChI=1S/C11H9N5S/c1-2-5-16-8-9(7-13-15-12)11(14-16)10-4-3-6-17-10/h1,3-4,6,8H,5,7H2.